The van der Waals surface area contributed by atoms with E-state index in [9.17, 15) is 22.8 Å². The SMILES string of the molecule is CC(C)(C)NS(=O)(=O)c1ccccc1CNC(=O)CN1C(=O)NC(C)(c2ccccc2)C1=O. The number of nitrogens with zero attached hydrogens (tertiary/aromatic N) is 1. The van der Waals surface area contributed by atoms with Gasteiger partial charge >= 0.3 is 6.03 Å². The lowest BCUT2D eigenvalue weighted by Gasteiger charge is -2.22. The zero-order valence-corrected chi connectivity index (χ0v) is 19.8. The Balaban J connectivity index is 1.70. The Morgan fingerprint density at radius 3 is 2.27 bits per heavy atom. The molecule has 0 spiro atoms. The van der Waals surface area contributed by atoms with E-state index in [1.54, 1.807) is 76.2 Å². The van der Waals surface area contributed by atoms with Crippen LogP contribution in [0.4, 0.5) is 4.79 Å². The third kappa shape index (κ3) is 5.40. The van der Waals surface area contributed by atoms with Crippen molar-refractivity contribution in [3.8, 4) is 0 Å². The van der Waals surface area contributed by atoms with Crippen molar-refractivity contribution in [3.63, 3.8) is 0 Å². The molecule has 0 saturated carbocycles. The van der Waals surface area contributed by atoms with Gasteiger partial charge in [0.2, 0.25) is 15.9 Å². The number of carbonyl (C=O) groups is 3. The zero-order valence-electron chi connectivity index (χ0n) is 19.0. The number of hydrogen-bond donors (Lipinski definition) is 3. The summed E-state index contributed by atoms with van der Waals surface area (Å²) in [7, 11) is -3.81. The van der Waals surface area contributed by atoms with E-state index in [0.717, 1.165) is 4.90 Å². The fourth-order valence-electron chi connectivity index (χ4n) is 3.57. The van der Waals surface area contributed by atoms with Crippen LogP contribution in [0.2, 0.25) is 0 Å². The Morgan fingerprint density at radius 1 is 1.03 bits per heavy atom. The van der Waals surface area contributed by atoms with Crippen molar-refractivity contribution in [1.29, 1.82) is 0 Å². The summed E-state index contributed by atoms with van der Waals surface area (Å²) >= 11 is 0. The summed E-state index contributed by atoms with van der Waals surface area (Å²) < 4.78 is 28.1. The molecule has 1 fully saturated rings. The molecule has 1 heterocycles. The number of benzene rings is 2. The van der Waals surface area contributed by atoms with E-state index in [4.69, 9.17) is 0 Å². The second-order valence-electron chi connectivity index (χ2n) is 9.05. The molecule has 0 aromatic heterocycles. The number of urea groups is 1. The van der Waals surface area contributed by atoms with Gasteiger partial charge in [0.05, 0.1) is 4.90 Å². The van der Waals surface area contributed by atoms with Crippen molar-refractivity contribution >= 4 is 27.9 Å². The van der Waals surface area contributed by atoms with E-state index in [-0.39, 0.29) is 11.4 Å². The van der Waals surface area contributed by atoms with Crippen molar-refractivity contribution < 1.29 is 22.8 Å². The molecule has 1 atom stereocenters. The van der Waals surface area contributed by atoms with Crippen molar-refractivity contribution in [2.45, 2.75) is 50.2 Å². The third-order valence-corrected chi connectivity index (χ3v) is 6.96. The van der Waals surface area contributed by atoms with Crippen molar-refractivity contribution in [3.05, 3.63) is 65.7 Å². The molecular weight excluding hydrogens is 444 g/mol. The topological polar surface area (TPSA) is 125 Å². The maximum atomic E-state index is 12.9. The molecule has 33 heavy (non-hydrogen) atoms. The number of amides is 4. The first-order valence-electron chi connectivity index (χ1n) is 10.4. The third-order valence-electron chi connectivity index (χ3n) is 5.11. The van der Waals surface area contributed by atoms with E-state index in [0.29, 0.717) is 11.1 Å². The Labute approximate surface area is 193 Å². The maximum absolute atomic E-state index is 12.9. The molecular formula is C23H28N4O5S. The Bertz CT molecular complexity index is 1170. The van der Waals surface area contributed by atoms with Gasteiger partial charge in [0.1, 0.15) is 12.1 Å². The standard InChI is InChI=1S/C23H28N4O5S/c1-22(2,3)26-33(31,32)18-13-9-8-10-16(18)14-24-19(28)15-27-20(29)23(4,25-21(27)30)17-11-6-5-7-12-17/h5-13,26H,14-15H2,1-4H3,(H,24,28)(H,25,30). The zero-order chi connectivity index (χ0) is 24.4. The summed E-state index contributed by atoms with van der Waals surface area (Å²) in [4.78, 5) is 38.8. The lowest BCUT2D eigenvalue weighted by molar-refractivity contribution is -0.134. The van der Waals surface area contributed by atoms with E-state index < -0.39 is 45.5 Å². The number of rotatable bonds is 7. The summed E-state index contributed by atoms with van der Waals surface area (Å²) in [5.74, 6) is -1.13. The van der Waals surface area contributed by atoms with E-state index in [1.807, 2.05) is 0 Å². The molecule has 10 heteroatoms. The second kappa shape index (κ2) is 8.95. The van der Waals surface area contributed by atoms with Gasteiger partial charge in [-0.25, -0.2) is 17.9 Å². The molecule has 176 valence electrons. The molecule has 1 aliphatic rings. The van der Waals surface area contributed by atoms with E-state index in [2.05, 4.69) is 15.4 Å². The van der Waals surface area contributed by atoms with Crippen LogP contribution in [-0.4, -0.2) is 43.2 Å². The van der Waals surface area contributed by atoms with Gasteiger partial charge in [0.25, 0.3) is 5.91 Å². The fourth-order valence-corrected chi connectivity index (χ4v) is 5.23. The molecule has 1 aliphatic heterocycles. The van der Waals surface area contributed by atoms with E-state index in [1.165, 1.54) is 6.07 Å². The van der Waals surface area contributed by atoms with Crippen LogP contribution in [0.25, 0.3) is 0 Å². The molecule has 3 rings (SSSR count). The minimum Gasteiger partial charge on any atom is -0.350 e. The van der Waals surface area contributed by atoms with Crippen LogP contribution in [0.3, 0.4) is 0 Å². The summed E-state index contributed by atoms with van der Waals surface area (Å²) in [5.41, 5.74) is -0.951. The summed E-state index contributed by atoms with van der Waals surface area (Å²) in [6.07, 6.45) is 0. The summed E-state index contributed by atoms with van der Waals surface area (Å²) in [5, 5.41) is 5.25. The number of nitrogens with one attached hydrogen (secondary N) is 3. The second-order valence-corrected chi connectivity index (χ2v) is 10.7. The average Bonchev–Trinajstić information content (AvgIpc) is 2.95. The number of carbonyl (C=O) groups excluding carboxylic acids is 3. The number of sulfonamides is 1. The maximum Gasteiger partial charge on any atom is 0.325 e. The van der Waals surface area contributed by atoms with Crippen LogP contribution in [0.5, 0.6) is 0 Å². The molecule has 2 aromatic carbocycles. The first-order valence-corrected chi connectivity index (χ1v) is 11.9. The molecule has 3 N–H and O–H groups in total. The Morgan fingerprint density at radius 2 is 1.64 bits per heavy atom. The molecule has 1 unspecified atom stereocenters. The van der Waals surface area contributed by atoms with Crippen molar-refractivity contribution in [2.75, 3.05) is 6.54 Å². The minimum absolute atomic E-state index is 0.0480. The predicted molar refractivity (Wildman–Crippen MR) is 122 cm³/mol. The molecule has 0 radical (unpaired) electrons. The minimum atomic E-state index is -3.81. The van der Waals surface area contributed by atoms with Gasteiger partial charge in [0.15, 0.2) is 0 Å². The van der Waals surface area contributed by atoms with E-state index >= 15 is 0 Å². The smallest absolute Gasteiger partial charge is 0.325 e. The fraction of sp³-hybridized carbons (Fsp3) is 0.348. The van der Waals surface area contributed by atoms with Gasteiger partial charge in [-0.2, -0.15) is 0 Å². The predicted octanol–water partition coefficient (Wildman–Crippen LogP) is 1.85. The molecule has 1 saturated heterocycles. The number of hydrogen-bond acceptors (Lipinski definition) is 5. The van der Waals surface area contributed by atoms with Gasteiger partial charge in [-0.15, -0.1) is 0 Å². The highest BCUT2D eigenvalue weighted by Gasteiger charge is 2.49. The normalized spacial score (nSPS) is 18.8. The van der Waals surface area contributed by atoms with Gasteiger partial charge in [-0.05, 0) is 44.9 Å². The molecule has 4 amide bonds. The van der Waals surface area contributed by atoms with Crippen LogP contribution in [0.15, 0.2) is 59.5 Å². The Hall–Kier alpha value is -3.24. The molecule has 0 bridgehead atoms. The first-order chi connectivity index (χ1) is 15.3. The number of imide groups is 1. The molecule has 9 nitrogen and oxygen atoms in total. The Kier molecular flexibility index (Phi) is 6.62. The highest BCUT2D eigenvalue weighted by molar-refractivity contribution is 7.89. The lowest BCUT2D eigenvalue weighted by atomic mass is 9.92. The lowest BCUT2D eigenvalue weighted by Crippen LogP contribution is -2.43. The van der Waals surface area contributed by atoms with Crippen LogP contribution >= 0.6 is 0 Å². The molecule has 2 aromatic rings. The van der Waals surface area contributed by atoms with Gasteiger partial charge < -0.3 is 10.6 Å². The quantitative estimate of drug-likeness (QED) is 0.531. The monoisotopic (exact) mass is 472 g/mol. The van der Waals surface area contributed by atoms with Crippen LogP contribution in [0.1, 0.15) is 38.8 Å². The van der Waals surface area contributed by atoms with Crippen LogP contribution in [-0.2, 0) is 31.7 Å². The van der Waals surface area contributed by atoms with Gasteiger partial charge in [-0.3, -0.25) is 14.5 Å². The summed E-state index contributed by atoms with van der Waals surface area (Å²) in [6.45, 7) is 6.22. The van der Waals surface area contributed by atoms with Crippen LogP contribution in [0, 0.1) is 0 Å². The average molecular weight is 473 g/mol. The van der Waals surface area contributed by atoms with Crippen molar-refractivity contribution in [2.24, 2.45) is 0 Å². The highest BCUT2D eigenvalue weighted by Crippen LogP contribution is 2.28. The van der Waals surface area contributed by atoms with Gasteiger partial charge in [0, 0.05) is 12.1 Å². The summed E-state index contributed by atoms with van der Waals surface area (Å²) in [6, 6.07) is 14.4. The highest BCUT2D eigenvalue weighted by atomic mass is 32.2. The van der Waals surface area contributed by atoms with Crippen LogP contribution < -0.4 is 15.4 Å². The first kappa shape index (κ1) is 24.4. The largest absolute Gasteiger partial charge is 0.350 e. The molecule has 0 aliphatic carbocycles. The van der Waals surface area contributed by atoms with Crippen molar-refractivity contribution in [1.82, 2.24) is 20.3 Å². The van der Waals surface area contributed by atoms with Gasteiger partial charge in [-0.1, -0.05) is 48.5 Å².